The number of halogens is 1. The van der Waals surface area contributed by atoms with Crippen LogP contribution in [0.3, 0.4) is 0 Å². The van der Waals surface area contributed by atoms with E-state index in [4.69, 9.17) is 11.6 Å². The van der Waals surface area contributed by atoms with Crippen LogP contribution in [0.25, 0.3) is 0 Å². The maximum atomic E-state index is 11.7. The van der Waals surface area contributed by atoms with Gasteiger partial charge in [0.15, 0.2) is 0 Å². The molecule has 1 fully saturated rings. The summed E-state index contributed by atoms with van der Waals surface area (Å²) >= 11 is 5.96. The van der Waals surface area contributed by atoms with Gasteiger partial charge in [0, 0.05) is 0 Å². The molecule has 2 rings (SSSR count). The van der Waals surface area contributed by atoms with Crippen molar-refractivity contribution in [3.63, 3.8) is 0 Å². The zero-order chi connectivity index (χ0) is 13.3. The Kier molecular flexibility index (Phi) is 3.64. The largest absolute Gasteiger partial charge is 0.480 e. The third-order valence-corrected chi connectivity index (χ3v) is 3.96. The van der Waals surface area contributed by atoms with Gasteiger partial charge in [-0.15, -0.1) is 0 Å². The molecular weight excluding hydrogens is 254 g/mol. The summed E-state index contributed by atoms with van der Waals surface area (Å²) in [6.07, 6.45) is 3.46. The van der Waals surface area contributed by atoms with Crippen LogP contribution < -0.4 is 5.32 Å². The molecule has 1 heterocycles. The van der Waals surface area contributed by atoms with Gasteiger partial charge >= 0.3 is 5.97 Å². The summed E-state index contributed by atoms with van der Waals surface area (Å²) in [5, 5.41) is 17.5. The first kappa shape index (κ1) is 13.4. The Morgan fingerprint density at radius 2 is 2.39 bits per heavy atom. The number of likely N-dealkylation sites (N-methyl/N-ethyl adjacent to an activating group) is 1. The van der Waals surface area contributed by atoms with Gasteiger partial charge in [0.05, 0.1) is 23.5 Å². The van der Waals surface area contributed by atoms with Crippen LogP contribution in [0, 0.1) is 12.8 Å². The average Bonchev–Trinajstić information content (AvgIpc) is 3.11. The number of aliphatic carboxylic acids is 1. The molecule has 1 unspecified atom stereocenters. The lowest BCUT2D eigenvalue weighted by molar-refractivity contribution is -0.146. The van der Waals surface area contributed by atoms with Crippen molar-refractivity contribution in [2.75, 3.05) is 6.54 Å². The van der Waals surface area contributed by atoms with E-state index in [1.807, 2.05) is 13.8 Å². The van der Waals surface area contributed by atoms with Gasteiger partial charge in [0.2, 0.25) is 0 Å². The van der Waals surface area contributed by atoms with Crippen LogP contribution in [0.5, 0.6) is 0 Å². The number of hydrogen-bond acceptors (Lipinski definition) is 3. The number of nitrogens with one attached hydrogen (secondary N) is 1. The van der Waals surface area contributed by atoms with E-state index in [0.717, 1.165) is 18.5 Å². The smallest absolute Gasteiger partial charge is 0.326 e. The van der Waals surface area contributed by atoms with Crippen LogP contribution >= 0.6 is 11.6 Å². The molecule has 1 aromatic rings. The highest BCUT2D eigenvalue weighted by molar-refractivity contribution is 6.31. The van der Waals surface area contributed by atoms with Crippen molar-refractivity contribution >= 4 is 17.6 Å². The highest BCUT2D eigenvalue weighted by Crippen LogP contribution is 2.41. The Labute approximate surface area is 111 Å². The Morgan fingerprint density at radius 3 is 2.78 bits per heavy atom. The quantitative estimate of drug-likeness (QED) is 0.826. The van der Waals surface area contributed by atoms with E-state index < -0.39 is 11.5 Å². The first-order valence-electron chi connectivity index (χ1n) is 6.17. The number of carbonyl (C=O) groups is 1. The lowest BCUT2D eigenvalue weighted by Crippen LogP contribution is -2.57. The molecule has 0 spiro atoms. The molecule has 18 heavy (non-hydrogen) atoms. The molecule has 1 aliphatic carbocycles. The molecular formula is C12H18ClN3O2. The van der Waals surface area contributed by atoms with Crippen LogP contribution in [0.1, 0.15) is 25.5 Å². The molecule has 0 aliphatic heterocycles. The molecule has 1 aromatic heterocycles. The molecule has 0 amide bonds. The average molecular weight is 272 g/mol. The molecule has 0 radical (unpaired) electrons. The van der Waals surface area contributed by atoms with E-state index >= 15 is 0 Å². The standard InChI is InChI=1S/C12H18ClN3O2/c1-3-14-12(11(17)18,9-4-5-9)7-16-8(2)10(13)6-15-16/h6,9,14H,3-5,7H2,1-2H3,(H,17,18). The normalized spacial score (nSPS) is 18.6. The molecule has 0 bridgehead atoms. The summed E-state index contributed by atoms with van der Waals surface area (Å²) in [5.74, 6) is -0.629. The van der Waals surface area contributed by atoms with Crippen molar-refractivity contribution in [3.05, 3.63) is 16.9 Å². The summed E-state index contributed by atoms with van der Waals surface area (Å²) in [4.78, 5) is 11.7. The van der Waals surface area contributed by atoms with E-state index in [2.05, 4.69) is 10.4 Å². The molecule has 6 heteroatoms. The fourth-order valence-electron chi connectivity index (χ4n) is 2.36. The number of rotatable bonds is 6. The molecule has 1 aliphatic rings. The van der Waals surface area contributed by atoms with Crippen molar-refractivity contribution in [1.82, 2.24) is 15.1 Å². The molecule has 1 saturated carbocycles. The van der Waals surface area contributed by atoms with Gasteiger partial charge in [-0.05, 0) is 32.2 Å². The van der Waals surface area contributed by atoms with Gasteiger partial charge in [-0.1, -0.05) is 18.5 Å². The highest BCUT2D eigenvalue weighted by atomic mass is 35.5. The lowest BCUT2D eigenvalue weighted by Gasteiger charge is -2.30. The first-order chi connectivity index (χ1) is 8.51. The van der Waals surface area contributed by atoms with E-state index in [9.17, 15) is 9.90 Å². The number of aromatic nitrogens is 2. The monoisotopic (exact) mass is 271 g/mol. The van der Waals surface area contributed by atoms with Gasteiger partial charge < -0.3 is 10.4 Å². The van der Waals surface area contributed by atoms with Crippen LogP contribution in [-0.2, 0) is 11.3 Å². The van der Waals surface area contributed by atoms with Crippen LogP contribution in [-0.4, -0.2) is 32.9 Å². The minimum atomic E-state index is -0.922. The summed E-state index contributed by atoms with van der Waals surface area (Å²) < 4.78 is 1.68. The van der Waals surface area contributed by atoms with Crippen LogP contribution in [0.2, 0.25) is 5.02 Å². The van der Waals surface area contributed by atoms with E-state index in [0.29, 0.717) is 18.1 Å². The number of hydrogen-bond donors (Lipinski definition) is 2. The number of carboxylic acid groups (broad SMARTS) is 1. The fraction of sp³-hybridized carbons (Fsp3) is 0.667. The Hall–Kier alpha value is -1.07. The maximum absolute atomic E-state index is 11.7. The van der Waals surface area contributed by atoms with Gasteiger partial charge in [-0.3, -0.25) is 9.48 Å². The van der Waals surface area contributed by atoms with E-state index in [-0.39, 0.29) is 5.92 Å². The third-order valence-electron chi connectivity index (χ3n) is 3.59. The molecule has 0 aromatic carbocycles. The second-order valence-electron chi connectivity index (χ2n) is 4.82. The van der Waals surface area contributed by atoms with Crippen molar-refractivity contribution in [1.29, 1.82) is 0 Å². The Balaban J connectivity index is 2.29. The topological polar surface area (TPSA) is 67.2 Å². The summed E-state index contributed by atoms with van der Waals surface area (Å²) in [7, 11) is 0. The van der Waals surface area contributed by atoms with Gasteiger partial charge in [-0.25, -0.2) is 0 Å². The van der Waals surface area contributed by atoms with Gasteiger partial charge in [0.1, 0.15) is 5.54 Å². The SMILES string of the molecule is CCNC(Cn1ncc(Cl)c1C)(C(=O)O)C1CC1. The maximum Gasteiger partial charge on any atom is 0.326 e. The third kappa shape index (κ3) is 2.24. The number of carboxylic acids is 1. The number of nitrogens with zero attached hydrogens (tertiary/aromatic N) is 2. The van der Waals surface area contributed by atoms with Crippen LogP contribution in [0.4, 0.5) is 0 Å². The summed E-state index contributed by atoms with van der Waals surface area (Å²) in [6, 6.07) is 0. The molecule has 0 saturated heterocycles. The zero-order valence-corrected chi connectivity index (χ0v) is 11.4. The molecule has 1 atom stereocenters. The predicted octanol–water partition coefficient (Wildman–Crippen LogP) is 1.69. The Bertz CT molecular complexity index is 456. The van der Waals surface area contributed by atoms with Gasteiger partial charge in [0.25, 0.3) is 0 Å². The molecule has 100 valence electrons. The minimum absolute atomic E-state index is 0.178. The van der Waals surface area contributed by atoms with Crippen molar-refractivity contribution < 1.29 is 9.90 Å². The van der Waals surface area contributed by atoms with Crippen LogP contribution in [0.15, 0.2) is 6.20 Å². The minimum Gasteiger partial charge on any atom is -0.480 e. The fourth-order valence-corrected chi connectivity index (χ4v) is 2.50. The van der Waals surface area contributed by atoms with E-state index in [1.54, 1.807) is 10.9 Å². The van der Waals surface area contributed by atoms with Crippen molar-refractivity contribution in [2.45, 2.75) is 38.8 Å². The van der Waals surface area contributed by atoms with E-state index in [1.165, 1.54) is 0 Å². The first-order valence-corrected chi connectivity index (χ1v) is 6.55. The second-order valence-corrected chi connectivity index (χ2v) is 5.22. The van der Waals surface area contributed by atoms with Gasteiger partial charge in [-0.2, -0.15) is 5.10 Å². The van der Waals surface area contributed by atoms with Crippen molar-refractivity contribution in [3.8, 4) is 0 Å². The second kappa shape index (κ2) is 4.90. The van der Waals surface area contributed by atoms with Crippen molar-refractivity contribution in [2.24, 2.45) is 5.92 Å². The lowest BCUT2D eigenvalue weighted by atomic mass is 9.93. The molecule has 2 N–H and O–H groups in total. The predicted molar refractivity (Wildman–Crippen MR) is 68.7 cm³/mol. The molecule has 5 nitrogen and oxygen atoms in total. The highest BCUT2D eigenvalue weighted by Gasteiger charge is 2.51. The summed E-state index contributed by atoms with van der Waals surface area (Å²) in [5.41, 5.74) is -0.115. The summed E-state index contributed by atoms with van der Waals surface area (Å²) in [6.45, 7) is 4.71. The Morgan fingerprint density at radius 1 is 1.72 bits per heavy atom. The zero-order valence-electron chi connectivity index (χ0n) is 10.6.